The van der Waals surface area contributed by atoms with E-state index < -0.39 is 0 Å². The van der Waals surface area contributed by atoms with E-state index in [4.69, 9.17) is 17.4 Å². The molecule has 18 heavy (non-hydrogen) atoms. The Bertz CT molecular complexity index is 542. The normalized spacial score (nSPS) is 12.4. The maximum Gasteiger partial charge on any atom is 0.124 e. The van der Waals surface area contributed by atoms with E-state index >= 15 is 0 Å². The van der Waals surface area contributed by atoms with Gasteiger partial charge in [0.25, 0.3) is 0 Å². The van der Waals surface area contributed by atoms with Crippen molar-refractivity contribution in [2.75, 3.05) is 0 Å². The second-order valence-corrected chi connectivity index (χ2v) is 5.15. The highest BCUT2D eigenvalue weighted by Crippen LogP contribution is 2.29. The second-order valence-electron chi connectivity index (χ2n) is 3.82. The van der Waals surface area contributed by atoms with Crippen molar-refractivity contribution in [3.8, 4) is 0 Å². The molecular weight excluding hydrogens is 319 g/mol. The van der Waals surface area contributed by atoms with Crippen LogP contribution in [-0.4, -0.2) is 0 Å². The molecule has 0 saturated heterocycles. The van der Waals surface area contributed by atoms with Gasteiger partial charge in [0.2, 0.25) is 0 Å². The number of nitrogens with one attached hydrogen (secondary N) is 1. The van der Waals surface area contributed by atoms with Crippen LogP contribution in [0.15, 0.2) is 46.9 Å². The summed E-state index contributed by atoms with van der Waals surface area (Å²) in [7, 11) is 0. The summed E-state index contributed by atoms with van der Waals surface area (Å²) in [5.41, 5.74) is 4.17. The van der Waals surface area contributed by atoms with Gasteiger partial charge in [-0.2, -0.15) is 0 Å². The minimum absolute atomic E-state index is 0.327. The molecule has 0 radical (unpaired) electrons. The van der Waals surface area contributed by atoms with E-state index in [9.17, 15) is 4.39 Å². The van der Waals surface area contributed by atoms with Crippen molar-refractivity contribution < 1.29 is 4.39 Å². The first-order chi connectivity index (χ1) is 8.61. The van der Waals surface area contributed by atoms with Crippen molar-refractivity contribution in [3.63, 3.8) is 0 Å². The zero-order chi connectivity index (χ0) is 13.1. The van der Waals surface area contributed by atoms with Crippen molar-refractivity contribution in [2.45, 2.75) is 6.04 Å². The molecule has 2 nitrogen and oxygen atoms in total. The van der Waals surface area contributed by atoms with E-state index in [-0.39, 0.29) is 11.9 Å². The Morgan fingerprint density at radius 3 is 2.56 bits per heavy atom. The van der Waals surface area contributed by atoms with Crippen LogP contribution in [0.1, 0.15) is 17.2 Å². The molecule has 0 aliphatic heterocycles. The maximum absolute atomic E-state index is 13.4. The van der Waals surface area contributed by atoms with Crippen LogP contribution >= 0.6 is 27.5 Å². The number of nitrogens with two attached hydrogens (primary N) is 1. The first-order valence-corrected chi connectivity index (χ1v) is 6.45. The molecule has 0 fully saturated rings. The molecular formula is C13H11BrClFN2. The lowest BCUT2D eigenvalue weighted by Gasteiger charge is -2.18. The molecule has 2 aromatic rings. The third-order valence-electron chi connectivity index (χ3n) is 2.60. The number of halogens is 3. The molecule has 3 N–H and O–H groups in total. The molecule has 0 aliphatic rings. The SMILES string of the molecule is NNC(c1cc(F)cc(Br)c1)c1ccccc1Cl. The van der Waals surface area contributed by atoms with Gasteiger partial charge >= 0.3 is 0 Å². The molecule has 0 heterocycles. The van der Waals surface area contributed by atoms with E-state index in [1.165, 1.54) is 12.1 Å². The molecule has 1 unspecified atom stereocenters. The number of hydrazine groups is 1. The first-order valence-electron chi connectivity index (χ1n) is 5.28. The monoisotopic (exact) mass is 328 g/mol. The van der Waals surface area contributed by atoms with Crippen LogP contribution in [0, 0.1) is 5.82 Å². The topological polar surface area (TPSA) is 38.0 Å². The van der Waals surface area contributed by atoms with E-state index in [2.05, 4.69) is 21.4 Å². The third-order valence-corrected chi connectivity index (χ3v) is 3.40. The van der Waals surface area contributed by atoms with Crippen LogP contribution < -0.4 is 11.3 Å². The van der Waals surface area contributed by atoms with Crippen LogP contribution in [0.2, 0.25) is 5.02 Å². The molecule has 0 saturated carbocycles. The van der Waals surface area contributed by atoms with Crippen molar-refractivity contribution >= 4 is 27.5 Å². The molecule has 2 aromatic carbocycles. The lowest BCUT2D eigenvalue weighted by atomic mass is 9.99. The number of benzene rings is 2. The Morgan fingerprint density at radius 2 is 1.94 bits per heavy atom. The zero-order valence-corrected chi connectivity index (χ0v) is 11.7. The van der Waals surface area contributed by atoms with Crippen molar-refractivity contribution in [1.82, 2.24) is 5.43 Å². The zero-order valence-electron chi connectivity index (χ0n) is 9.33. The summed E-state index contributed by atoms with van der Waals surface area (Å²) >= 11 is 9.39. The number of hydrogen-bond acceptors (Lipinski definition) is 2. The van der Waals surface area contributed by atoms with Crippen molar-refractivity contribution in [1.29, 1.82) is 0 Å². The first kappa shape index (κ1) is 13.5. The van der Waals surface area contributed by atoms with Gasteiger partial charge in [-0.25, -0.2) is 9.82 Å². The summed E-state index contributed by atoms with van der Waals surface area (Å²) in [6, 6.07) is 11.6. The molecule has 1 atom stereocenters. The minimum Gasteiger partial charge on any atom is -0.271 e. The summed E-state index contributed by atoms with van der Waals surface area (Å²) in [4.78, 5) is 0. The molecule has 0 aliphatic carbocycles. The standard InChI is InChI=1S/C13H11BrClFN2/c14-9-5-8(6-10(16)7-9)13(18-17)11-3-1-2-4-12(11)15/h1-7,13,18H,17H2. The Hall–Kier alpha value is -0.940. The van der Waals surface area contributed by atoms with Gasteiger partial charge in [0.15, 0.2) is 0 Å². The summed E-state index contributed by atoms with van der Waals surface area (Å²) in [5.74, 6) is 5.23. The van der Waals surface area contributed by atoms with E-state index in [1.807, 2.05) is 18.2 Å². The van der Waals surface area contributed by atoms with Crippen LogP contribution in [0.4, 0.5) is 4.39 Å². The minimum atomic E-state index is -0.356. The van der Waals surface area contributed by atoms with E-state index in [0.717, 1.165) is 5.56 Å². The highest BCUT2D eigenvalue weighted by Gasteiger charge is 2.16. The molecule has 94 valence electrons. The van der Waals surface area contributed by atoms with Gasteiger partial charge in [-0.3, -0.25) is 5.84 Å². The van der Waals surface area contributed by atoms with Gasteiger partial charge in [-0.1, -0.05) is 45.7 Å². The molecule has 0 amide bonds. The van der Waals surface area contributed by atoms with Crippen LogP contribution in [0.5, 0.6) is 0 Å². The molecule has 0 spiro atoms. The fourth-order valence-corrected chi connectivity index (χ4v) is 2.54. The maximum atomic E-state index is 13.4. The average Bonchev–Trinajstić information content (AvgIpc) is 2.31. The van der Waals surface area contributed by atoms with Crippen LogP contribution in [0.3, 0.4) is 0 Å². The lowest BCUT2D eigenvalue weighted by Crippen LogP contribution is -2.29. The van der Waals surface area contributed by atoms with Crippen molar-refractivity contribution in [2.24, 2.45) is 5.84 Å². The highest BCUT2D eigenvalue weighted by atomic mass is 79.9. The number of rotatable bonds is 3. The Labute approximate surface area is 118 Å². The van der Waals surface area contributed by atoms with Gasteiger partial charge in [0.1, 0.15) is 5.82 Å². The van der Waals surface area contributed by atoms with Gasteiger partial charge in [0.05, 0.1) is 6.04 Å². The van der Waals surface area contributed by atoms with Gasteiger partial charge in [-0.15, -0.1) is 0 Å². The number of hydrogen-bond donors (Lipinski definition) is 2. The van der Waals surface area contributed by atoms with Gasteiger partial charge in [-0.05, 0) is 35.4 Å². The Morgan fingerprint density at radius 1 is 1.22 bits per heavy atom. The summed E-state index contributed by atoms with van der Waals surface area (Å²) < 4.78 is 14.1. The fourth-order valence-electron chi connectivity index (χ4n) is 1.82. The average molecular weight is 330 g/mol. The Balaban J connectivity index is 2.48. The second kappa shape index (κ2) is 5.80. The predicted octanol–water partition coefficient (Wildman–Crippen LogP) is 3.79. The van der Waals surface area contributed by atoms with Crippen LogP contribution in [0.25, 0.3) is 0 Å². The fraction of sp³-hybridized carbons (Fsp3) is 0.0769. The molecule has 2 rings (SSSR count). The third kappa shape index (κ3) is 2.90. The van der Waals surface area contributed by atoms with E-state index in [1.54, 1.807) is 12.1 Å². The largest absolute Gasteiger partial charge is 0.271 e. The molecule has 5 heteroatoms. The smallest absolute Gasteiger partial charge is 0.124 e. The Kier molecular flexibility index (Phi) is 4.35. The van der Waals surface area contributed by atoms with E-state index in [0.29, 0.717) is 15.1 Å². The van der Waals surface area contributed by atoms with Gasteiger partial charge in [0, 0.05) is 9.50 Å². The summed E-state index contributed by atoms with van der Waals surface area (Å²) in [6.45, 7) is 0. The molecule has 0 aromatic heterocycles. The lowest BCUT2D eigenvalue weighted by molar-refractivity contribution is 0.604. The van der Waals surface area contributed by atoms with Gasteiger partial charge < -0.3 is 0 Å². The van der Waals surface area contributed by atoms with Crippen molar-refractivity contribution in [3.05, 3.63) is 68.9 Å². The predicted molar refractivity (Wildman–Crippen MR) is 74.7 cm³/mol. The highest BCUT2D eigenvalue weighted by molar-refractivity contribution is 9.10. The summed E-state index contributed by atoms with van der Waals surface area (Å²) in [5, 5.41) is 0.584. The van der Waals surface area contributed by atoms with Crippen LogP contribution in [-0.2, 0) is 0 Å². The molecule has 0 bridgehead atoms. The summed E-state index contributed by atoms with van der Waals surface area (Å²) in [6.07, 6.45) is 0. The quantitative estimate of drug-likeness (QED) is 0.664.